The molecule has 1 radical (unpaired) electrons. The molecule has 4 aromatic rings. The zero-order chi connectivity index (χ0) is 31.2. The Morgan fingerprint density at radius 3 is 2.00 bits per heavy atom. The van der Waals surface area contributed by atoms with E-state index in [0.29, 0.717) is 0 Å². The zero-order valence-electron chi connectivity index (χ0n) is 27.5. The van der Waals surface area contributed by atoms with Gasteiger partial charge in [0.2, 0.25) is 0 Å². The molecule has 3 heterocycles. The summed E-state index contributed by atoms with van der Waals surface area (Å²) in [5, 5.41) is 11.1. The van der Waals surface area contributed by atoms with Gasteiger partial charge in [-0.05, 0) is 71.9 Å². The second kappa shape index (κ2) is 16.3. The molecule has 0 bridgehead atoms. The molecule has 0 saturated heterocycles. The number of rotatable bonds is 9. The molecule has 1 aromatic carbocycles. The van der Waals surface area contributed by atoms with Crippen LogP contribution in [0.25, 0.3) is 31.1 Å². The number of aryl methyl sites for hydroxylation is 3. The summed E-state index contributed by atoms with van der Waals surface area (Å²) in [6.45, 7) is 21.3. The van der Waals surface area contributed by atoms with Crippen molar-refractivity contribution in [2.24, 2.45) is 11.8 Å². The first kappa shape index (κ1) is 37.1. The number of fused-ring (bicyclic) bond motifs is 1. The van der Waals surface area contributed by atoms with Crippen molar-refractivity contribution >= 4 is 38.5 Å². The van der Waals surface area contributed by atoms with Crippen molar-refractivity contribution in [1.29, 1.82) is 0 Å². The summed E-state index contributed by atoms with van der Waals surface area (Å²) >= 11 is 3.64. The van der Waals surface area contributed by atoms with Gasteiger partial charge in [0.15, 0.2) is 5.78 Å². The molecule has 0 atom stereocenters. The molecule has 0 aliphatic carbocycles. The Labute approximate surface area is 281 Å². The van der Waals surface area contributed by atoms with Crippen LogP contribution in [-0.4, -0.2) is 15.9 Å². The van der Waals surface area contributed by atoms with E-state index in [9.17, 15) is 9.90 Å². The van der Waals surface area contributed by atoms with Gasteiger partial charge in [0, 0.05) is 53.8 Å². The fourth-order valence-corrected chi connectivity index (χ4v) is 7.44. The van der Waals surface area contributed by atoms with Gasteiger partial charge in [0.25, 0.3) is 0 Å². The first-order valence-electron chi connectivity index (χ1n) is 15.3. The van der Waals surface area contributed by atoms with Crippen LogP contribution in [0.2, 0.25) is 0 Å². The Bertz CT molecular complexity index is 1500. The van der Waals surface area contributed by atoms with Gasteiger partial charge in [-0.25, -0.2) is 11.3 Å². The van der Waals surface area contributed by atoms with E-state index in [-0.39, 0.29) is 48.9 Å². The predicted octanol–water partition coefficient (Wildman–Crippen LogP) is 11.6. The third-order valence-corrected chi connectivity index (χ3v) is 10.7. The molecule has 0 aliphatic rings. The minimum absolute atomic E-state index is 0. The third kappa shape index (κ3) is 8.97. The summed E-state index contributed by atoms with van der Waals surface area (Å²) < 4.78 is 1.27. The van der Waals surface area contributed by atoms with Crippen LogP contribution < -0.4 is 0 Å². The molecule has 3 aromatic heterocycles. The number of thiophene rings is 2. The molecule has 0 spiro atoms. The van der Waals surface area contributed by atoms with E-state index in [2.05, 4.69) is 77.9 Å². The Morgan fingerprint density at radius 1 is 0.930 bits per heavy atom. The molecule has 0 saturated carbocycles. The van der Waals surface area contributed by atoms with Gasteiger partial charge in [-0.15, -0.1) is 11.3 Å². The van der Waals surface area contributed by atoms with Crippen LogP contribution in [0.5, 0.6) is 0 Å². The monoisotopic (exact) mass is 795 g/mol. The van der Waals surface area contributed by atoms with Gasteiger partial charge >= 0.3 is 0 Å². The van der Waals surface area contributed by atoms with Crippen LogP contribution in [0.3, 0.4) is 0 Å². The van der Waals surface area contributed by atoms with Gasteiger partial charge in [0.1, 0.15) is 0 Å². The number of aliphatic hydroxyl groups is 1. The van der Waals surface area contributed by atoms with E-state index in [1.165, 1.54) is 48.2 Å². The van der Waals surface area contributed by atoms with E-state index < -0.39 is 0 Å². The summed E-state index contributed by atoms with van der Waals surface area (Å²) in [6.07, 6.45) is 6.84. The molecule has 6 heteroatoms. The molecule has 4 rings (SSSR count). The van der Waals surface area contributed by atoms with Crippen LogP contribution >= 0.6 is 22.7 Å². The Balaban J connectivity index is 0.000000348. The van der Waals surface area contributed by atoms with Crippen molar-refractivity contribution in [3.8, 4) is 21.0 Å². The molecule has 3 nitrogen and oxygen atoms in total. The maximum absolute atomic E-state index is 11.7. The second-order valence-electron chi connectivity index (χ2n) is 12.2. The van der Waals surface area contributed by atoms with E-state index >= 15 is 0 Å². The maximum Gasteiger partial charge on any atom is 0.162 e. The fraction of sp³-hybridized carbons (Fsp3) is 0.459. The normalized spacial score (nSPS) is 12.0. The number of allylic oxidation sites excluding steroid dienone is 2. The number of ketones is 1. The minimum Gasteiger partial charge on any atom is -0.512 e. The van der Waals surface area contributed by atoms with Crippen LogP contribution in [0.1, 0.15) is 95.7 Å². The molecule has 0 fully saturated rings. The zero-order valence-corrected chi connectivity index (χ0v) is 31.5. The SMILES string of the molecule is CCC(CC)C(=O)/C=C(\O)C(CC)CC.Cc1[c-]c(-c2nccc3c(C)c(-c4ccc(C(C)(C)C)cc4)sc23)sc1C.[Ir]. The van der Waals surface area contributed by atoms with Gasteiger partial charge in [-0.1, -0.05) is 96.3 Å². The predicted molar refractivity (Wildman–Crippen MR) is 184 cm³/mol. The summed E-state index contributed by atoms with van der Waals surface area (Å²) in [6, 6.07) is 14.7. The number of hydrogen-bond donors (Lipinski definition) is 1. The minimum atomic E-state index is 0. The van der Waals surface area contributed by atoms with Gasteiger partial charge in [0.05, 0.1) is 5.76 Å². The number of hydrogen-bond acceptors (Lipinski definition) is 5. The summed E-state index contributed by atoms with van der Waals surface area (Å²) in [5.74, 6) is 0.547. The molecule has 0 unspecified atom stereocenters. The number of benzene rings is 1. The average Bonchev–Trinajstić information content (AvgIpc) is 3.48. The number of pyridine rings is 1. The van der Waals surface area contributed by atoms with Crippen molar-refractivity contribution in [1.82, 2.24) is 4.98 Å². The molecule has 43 heavy (non-hydrogen) atoms. The van der Waals surface area contributed by atoms with Crippen LogP contribution in [0.4, 0.5) is 0 Å². The van der Waals surface area contributed by atoms with E-state index in [4.69, 9.17) is 4.98 Å². The number of aromatic nitrogens is 1. The second-order valence-corrected chi connectivity index (χ2v) is 14.4. The van der Waals surface area contributed by atoms with E-state index in [0.717, 1.165) is 36.3 Å². The Morgan fingerprint density at radius 2 is 1.51 bits per heavy atom. The van der Waals surface area contributed by atoms with Crippen LogP contribution in [0, 0.1) is 38.7 Å². The van der Waals surface area contributed by atoms with Crippen molar-refractivity contribution in [2.45, 2.75) is 100 Å². The van der Waals surface area contributed by atoms with Gasteiger partial charge in [-0.2, -0.15) is 11.6 Å². The van der Waals surface area contributed by atoms with Gasteiger partial charge in [-0.3, -0.25) is 4.79 Å². The first-order chi connectivity index (χ1) is 19.9. The van der Waals surface area contributed by atoms with Crippen molar-refractivity contribution in [3.05, 3.63) is 76.0 Å². The smallest absolute Gasteiger partial charge is 0.162 e. The first-order valence-corrected chi connectivity index (χ1v) is 16.9. The van der Waals surface area contributed by atoms with E-state index in [1.807, 2.05) is 45.2 Å². The topological polar surface area (TPSA) is 50.2 Å². The average molecular weight is 795 g/mol. The quantitative estimate of drug-likeness (QED) is 0.104. The van der Waals surface area contributed by atoms with Crippen LogP contribution in [0.15, 0.2) is 48.4 Å². The molecule has 0 amide bonds. The molecular formula is C37H48IrNO2S2-. The molecule has 0 aliphatic heterocycles. The Kier molecular flexibility index (Phi) is 14.0. The number of aliphatic hydroxyl groups excluding tert-OH is 1. The molecule has 235 valence electrons. The molecular weight excluding hydrogens is 747 g/mol. The Hall–Kier alpha value is -2.11. The number of carbonyl (C=O) groups is 1. The third-order valence-electron chi connectivity index (χ3n) is 8.25. The number of carbonyl (C=O) groups excluding carboxylic acids is 1. The summed E-state index contributed by atoms with van der Waals surface area (Å²) in [4.78, 5) is 20.2. The maximum atomic E-state index is 11.7. The largest absolute Gasteiger partial charge is 0.512 e. The van der Waals surface area contributed by atoms with E-state index in [1.54, 1.807) is 11.3 Å². The van der Waals surface area contributed by atoms with Crippen molar-refractivity contribution in [2.75, 3.05) is 0 Å². The van der Waals surface area contributed by atoms with Crippen LogP contribution in [-0.2, 0) is 30.3 Å². The van der Waals surface area contributed by atoms with Crippen molar-refractivity contribution in [3.63, 3.8) is 0 Å². The fourth-order valence-electron chi connectivity index (χ4n) is 5.11. The summed E-state index contributed by atoms with van der Waals surface area (Å²) in [7, 11) is 0. The standard InChI is InChI=1S/C24H24NS2.C13H24O2.Ir/c1-14-13-20(26-16(14)3)21-23-19(11-12-25-21)15(2)22(27-23)17-7-9-18(10-8-17)24(4,5)6;1-5-10(6-2)12(14)9-13(15)11(7-3)8-4;/h7-12H,1-6H3;9-11,14H,5-8H2,1-4H3;/q-1;;/b;12-9-;. The van der Waals surface area contributed by atoms with Crippen molar-refractivity contribution < 1.29 is 30.0 Å². The molecule has 1 N–H and O–H groups in total. The number of nitrogens with zero attached hydrogens (tertiary/aromatic N) is 1. The van der Waals surface area contributed by atoms with Gasteiger partial charge < -0.3 is 10.1 Å². The summed E-state index contributed by atoms with van der Waals surface area (Å²) in [5.41, 5.74) is 6.46.